The van der Waals surface area contributed by atoms with Gasteiger partial charge in [-0.1, -0.05) is 0 Å². The van der Waals surface area contributed by atoms with Crippen molar-refractivity contribution in [1.82, 2.24) is 4.90 Å². The Morgan fingerprint density at radius 2 is 2.10 bits per heavy atom. The zero-order valence-corrected chi connectivity index (χ0v) is 12.2. The van der Waals surface area contributed by atoms with E-state index >= 15 is 0 Å². The first-order valence-electron chi connectivity index (χ1n) is 7.45. The summed E-state index contributed by atoms with van der Waals surface area (Å²) in [6.07, 6.45) is 3.20. The van der Waals surface area contributed by atoms with E-state index < -0.39 is 0 Å². The first-order chi connectivity index (χ1) is 10.2. The lowest BCUT2D eigenvalue weighted by Gasteiger charge is -2.32. The molecule has 2 N–H and O–H groups in total. The van der Waals surface area contributed by atoms with Gasteiger partial charge in [0.2, 0.25) is 0 Å². The van der Waals surface area contributed by atoms with Gasteiger partial charge in [0.15, 0.2) is 0 Å². The lowest BCUT2D eigenvalue weighted by atomic mass is 10.1. The first-order valence-corrected chi connectivity index (χ1v) is 7.45. The summed E-state index contributed by atoms with van der Waals surface area (Å²) in [5.74, 6) is -0.343. The van der Waals surface area contributed by atoms with Gasteiger partial charge in [0.1, 0.15) is 5.82 Å². The highest BCUT2D eigenvalue weighted by atomic mass is 19.1. The number of nitrogens with two attached hydrogens (primary N) is 1. The van der Waals surface area contributed by atoms with Crippen LogP contribution in [0.15, 0.2) is 18.2 Å². The van der Waals surface area contributed by atoms with E-state index in [2.05, 4.69) is 4.90 Å². The van der Waals surface area contributed by atoms with E-state index in [9.17, 15) is 4.39 Å². The first kappa shape index (κ1) is 15.9. The molecule has 1 aromatic carbocycles. The zero-order valence-electron chi connectivity index (χ0n) is 12.2. The second-order valence-electron chi connectivity index (χ2n) is 5.45. The van der Waals surface area contributed by atoms with Crippen molar-refractivity contribution < 1.29 is 9.13 Å². The van der Waals surface area contributed by atoms with Gasteiger partial charge in [0, 0.05) is 26.2 Å². The van der Waals surface area contributed by atoms with Gasteiger partial charge in [-0.05, 0) is 49.6 Å². The molecule has 1 aliphatic rings. The SMILES string of the molecule is N#Cc1cc(F)cc(CN2CCC(OCCCN)CC2)c1. The molecule has 4 nitrogen and oxygen atoms in total. The average molecular weight is 291 g/mol. The van der Waals surface area contributed by atoms with Crippen LogP contribution in [0.3, 0.4) is 0 Å². The standard InChI is InChI=1S/C16H22FN3O/c17-15-9-13(11-19)8-14(10-15)12-20-5-2-16(3-6-20)21-7-1-4-18/h8-10,16H,1-7,12,18H2. The fourth-order valence-corrected chi connectivity index (χ4v) is 2.63. The molecule has 0 unspecified atom stereocenters. The highest BCUT2D eigenvalue weighted by molar-refractivity contribution is 5.33. The quantitative estimate of drug-likeness (QED) is 0.815. The molecule has 1 aliphatic heterocycles. The summed E-state index contributed by atoms with van der Waals surface area (Å²) in [6, 6.07) is 6.52. The maximum Gasteiger partial charge on any atom is 0.124 e. The van der Waals surface area contributed by atoms with Gasteiger partial charge < -0.3 is 10.5 Å². The Hall–Kier alpha value is -1.48. The molecule has 21 heavy (non-hydrogen) atoms. The number of likely N-dealkylation sites (tertiary alicyclic amines) is 1. The molecule has 0 radical (unpaired) electrons. The van der Waals surface area contributed by atoms with Gasteiger partial charge in [-0.2, -0.15) is 5.26 Å². The minimum atomic E-state index is -0.343. The van der Waals surface area contributed by atoms with Crippen molar-refractivity contribution in [3.8, 4) is 6.07 Å². The highest BCUT2D eigenvalue weighted by Crippen LogP contribution is 2.17. The van der Waals surface area contributed by atoms with Crippen LogP contribution >= 0.6 is 0 Å². The van der Waals surface area contributed by atoms with Crippen molar-refractivity contribution >= 4 is 0 Å². The van der Waals surface area contributed by atoms with Crippen molar-refractivity contribution in [2.24, 2.45) is 5.73 Å². The van der Waals surface area contributed by atoms with Crippen LogP contribution in [-0.2, 0) is 11.3 Å². The minimum Gasteiger partial charge on any atom is -0.378 e. The Labute approximate surface area is 125 Å². The molecule has 0 atom stereocenters. The van der Waals surface area contributed by atoms with E-state index in [1.165, 1.54) is 12.1 Å². The summed E-state index contributed by atoms with van der Waals surface area (Å²) < 4.78 is 19.2. The fraction of sp³-hybridized carbons (Fsp3) is 0.562. The number of hydrogen-bond donors (Lipinski definition) is 1. The van der Waals surface area contributed by atoms with Crippen LogP contribution in [0.1, 0.15) is 30.4 Å². The number of piperidine rings is 1. The summed E-state index contributed by atoms with van der Waals surface area (Å²) in [5.41, 5.74) is 6.68. The third-order valence-electron chi connectivity index (χ3n) is 3.73. The Morgan fingerprint density at radius 3 is 2.76 bits per heavy atom. The van der Waals surface area contributed by atoms with E-state index in [-0.39, 0.29) is 5.82 Å². The van der Waals surface area contributed by atoms with Gasteiger partial charge >= 0.3 is 0 Å². The number of ether oxygens (including phenoxy) is 1. The Morgan fingerprint density at radius 1 is 1.33 bits per heavy atom. The number of nitriles is 1. The third-order valence-corrected chi connectivity index (χ3v) is 3.73. The lowest BCUT2D eigenvalue weighted by molar-refractivity contribution is 0.00561. The topological polar surface area (TPSA) is 62.3 Å². The van der Waals surface area contributed by atoms with Crippen molar-refractivity contribution in [3.63, 3.8) is 0 Å². The summed E-state index contributed by atoms with van der Waals surface area (Å²) in [4.78, 5) is 2.28. The number of benzene rings is 1. The maximum atomic E-state index is 13.4. The Balaban J connectivity index is 1.81. The van der Waals surface area contributed by atoms with Gasteiger partial charge in [0.05, 0.1) is 17.7 Å². The van der Waals surface area contributed by atoms with Crippen LogP contribution in [0.4, 0.5) is 4.39 Å². The third kappa shape index (κ3) is 5.09. The van der Waals surface area contributed by atoms with E-state index in [0.717, 1.165) is 44.5 Å². The van der Waals surface area contributed by atoms with Gasteiger partial charge in [-0.25, -0.2) is 4.39 Å². The predicted molar refractivity (Wildman–Crippen MR) is 79.0 cm³/mol. The van der Waals surface area contributed by atoms with Crippen LogP contribution in [0.25, 0.3) is 0 Å². The van der Waals surface area contributed by atoms with E-state index in [4.69, 9.17) is 15.7 Å². The smallest absolute Gasteiger partial charge is 0.124 e. The Bertz CT molecular complexity index is 493. The van der Waals surface area contributed by atoms with Gasteiger partial charge in [-0.15, -0.1) is 0 Å². The molecule has 0 aliphatic carbocycles. The molecular formula is C16H22FN3O. The molecule has 1 heterocycles. The maximum absolute atomic E-state index is 13.4. The highest BCUT2D eigenvalue weighted by Gasteiger charge is 2.19. The second kappa shape index (κ2) is 8.08. The zero-order chi connectivity index (χ0) is 15.1. The number of nitrogens with zero attached hydrogens (tertiary/aromatic N) is 2. The van der Waals surface area contributed by atoms with Gasteiger partial charge in [-0.3, -0.25) is 4.90 Å². The summed E-state index contributed by atoms with van der Waals surface area (Å²) in [5, 5.41) is 8.87. The molecule has 1 saturated heterocycles. The van der Waals surface area contributed by atoms with Crippen LogP contribution in [0, 0.1) is 17.1 Å². The number of rotatable bonds is 6. The van der Waals surface area contributed by atoms with Crippen LogP contribution in [-0.4, -0.2) is 37.2 Å². The minimum absolute atomic E-state index is 0.315. The number of hydrogen-bond acceptors (Lipinski definition) is 4. The molecule has 1 fully saturated rings. The van der Waals surface area contributed by atoms with Crippen LogP contribution in [0.5, 0.6) is 0 Å². The van der Waals surface area contributed by atoms with E-state index in [0.29, 0.717) is 24.8 Å². The average Bonchev–Trinajstić information content (AvgIpc) is 2.48. The molecule has 2 rings (SSSR count). The second-order valence-corrected chi connectivity index (χ2v) is 5.45. The van der Waals surface area contributed by atoms with Gasteiger partial charge in [0.25, 0.3) is 0 Å². The molecule has 0 spiro atoms. The van der Waals surface area contributed by atoms with E-state index in [1.807, 2.05) is 6.07 Å². The monoisotopic (exact) mass is 291 g/mol. The normalized spacial score (nSPS) is 16.8. The predicted octanol–water partition coefficient (Wildman–Crippen LogP) is 2.03. The van der Waals surface area contributed by atoms with Crippen LogP contribution < -0.4 is 5.73 Å². The molecule has 0 aromatic heterocycles. The van der Waals surface area contributed by atoms with Crippen molar-refractivity contribution in [2.45, 2.75) is 31.9 Å². The molecule has 0 amide bonds. The summed E-state index contributed by atoms with van der Waals surface area (Å²) >= 11 is 0. The van der Waals surface area contributed by atoms with Crippen molar-refractivity contribution in [1.29, 1.82) is 5.26 Å². The summed E-state index contributed by atoms with van der Waals surface area (Å²) in [7, 11) is 0. The van der Waals surface area contributed by atoms with Crippen molar-refractivity contribution in [3.05, 3.63) is 35.1 Å². The molecular weight excluding hydrogens is 269 g/mol. The molecule has 0 saturated carbocycles. The number of halogens is 1. The molecule has 0 bridgehead atoms. The lowest BCUT2D eigenvalue weighted by Crippen LogP contribution is -2.36. The van der Waals surface area contributed by atoms with Crippen LogP contribution in [0.2, 0.25) is 0 Å². The summed E-state index contributed by atoms with van der Waals surface area (Å²) in [6.45, 7) is 3.95. The molecule has 1 aromatic rings. The fourth-order valence-electron chi connectivity index (χ4n) is 2.63. The van der Waals surface area contributed by atoms with Crippen molar-refractivity contribution in [2.75, 3.05) is 26.2 Å². The molecule has 114 valence electrons. The Kier molecular flexibility index (Phi) is 6.12. The molecule has 5 heteroatoms. The largest absolute Gasteiger partial charge is 0.378 e. The van der Waals surface area contributed by atoms with E-state index in [1.54, 1.807) is 6.07 Å².